The van der Waals surface area contributed by atoms with E-state index in [1.54, 1.807) is 10.7 Å². The van der Waals surface area contributed by atoms with Crippen LogP contribution in [0.2, 0.25) is 0 Å². The Hall–Kier alpha value is -1.36. The molecular weight excluding hydrogens is 576 g/mol. The van der Waals surface area contributed by atoms with Gasteiger partial charge in [-0.2, -0.15) is 0 Å². The maximum atomic E-state index is 13.0. The van der Waals surface area contributed by atoms with Crippen molar-refractivity contribution >= 4 is 65.2 Å². The minimum Gasteiger partial charge on any atom is -0.506 e. The third-order valence-electron chi connectivity index (χ3n) is 4.32. The molecule has 4 rings (SSSR count). The molecule has 28 heavy (non-hydrogen) atoms. The average molecular weight is 590 g/mol. The number of benzene rings is 2. The second kappa shape index (κ2) is 7.81. The van der Waals surface area contributed by atoms with Crippen LogP contribution in [0.1, 0.15) is 18.7 Å². The molecule has 0 aliphatic carbocycles. The zero-order valence-electron chi connectivity index (χ0n) is 14.5. The van der Waals surface area contributed by atoms with Crippen LogP contribution in [0.5, 0.6) is 5.75 Å². The lowest BCUT2D eigenvalue weighted by molar-refractivity contribution is -0.759. The number of phenols is 1. The monoisotopic (exact) mass is 587 g/mol. The molecule has 3 aromatic rings. The van der Waals surface area contributed by atoms with E-state index in [0.29, 0.717) is 19.8 Å². The third-order valence-corrected chi connectivity index (χ3v) is 7.13. The Kier molecular flexibility index (Phi) is 5.56. The summed E-state index contributed by atoms with van der Waals surface area (Å²) in [7, 11) is 0. The fraction of sp³-hybridized carbons (Fsp3) is 0.167. The van der Waals surface area contributed by atoms with E-state index in [9.17, 15) is 9.90 Å². The molecule has 0 saturated carbocycles. The van der Waals surface area contributed by atoms with Crippen LogP contribution in [-0.4, -0.2) is 20.9 Å². The maximum absolute atomic E-state index is 13.0. The molecule has 2 heterocycles. The lowest BCUT2D eigenvalue weighted by Crippen LogP contribution is -2.55. The van der Waals surface area contributed by atoms with Gasteiger partial charge in [0.25, 0.3) is 6.17 Å². The molecule has 1 aliphatic heterocycles. The van der Waals surface area contributed by atoms with Crippen LogP contribution in [0.15, 0.2) is 53.7 Å². The first-order valence-corrected chi connectivity index (χ1v) is 11.7. The summed E-state index contributed by atoms with van der Waals surface area (Å²) in [4.78, 5) is 15.8. The number of hydrogen-bond donors (Lipinski definition) is 3. The SMILES string of the molecule is CCSc1n[n+]2c(c(=O)[nH]1)-c1ccccc1N[C@H]2c1c(Br)cc(Br)c(O)c1Br. The smallest absolute Gasteiger partial charge is 0.325 e. The van der Waals surface area contributed by atoms with E-state index in [1.807, 2.05) is 31.2 Å². The molecule has 0 spiro atoms. The van der Waals surface area contributed by atoms with E-state index >= 15 is 0 Å². The number of halogens is 3. The molecule has 144 valence electrons. The van der Waals surface area contributed by atoms with Crippen LogP contribution >= 0.6 is 59.6 Å². The quantitative estimate of drug-likeness (QED) is 0.302. The predicted molar refractivity (Wildman–Crippen MR) is 120 cm³/mol. The van der Waals surface area contributed by atoms with Crippen LogP contribution in [0.4, 0.5) is 5.69 Å². The van der Waals surface area contributed by atoms with E-state index in [-0.39, 0.29) is 11.3 Å². The van der Waals surface area contributed by atoms with Gasteiger partial charge < -0.3 is 10.4 Å². The van der Waals surface area contributed by atoms with Crippen molar-refractivity contribution < 1.29 is 9.79 Å². The molecule has 0 bridgehead atoms. The average Bonchev–Trinajstić information content (AvgIpc) is 2.66. The number of anilines is 1. The van der Waals surface area contributed by atoms with E-state index in [2.05, 4.69) is 63.2 Å². The summed E-state index contributed by atoms with van der Waals surface area (Å²) in [6, 6.07) is 9.37. The molecule has 0 radical (unpaired) electrons. The van der Waals surface area contributed by atoms with E-state index in [0.717, 1.165) is 27.0 Å². The first-order valence-electron chi connectivity index (χ1n) is 8.33. The van der Waals surface area contributed by atoms with Crippen molar-refractivity contribution in [1.29, 1.82) is 0 Å². The van der Waals surface area contributed by atoms with Gasteiger partial charge in [0.15, 0.2) is 0 Å². The molecular formula is C18H14Br3N4O2S+. The highest BCUT2D eigenvalue weighted by Crippen LogP contribution is 2.43. The number of hydrogen-bond acceptors (Lipinski definition) is 5. The van der Waals surface area contributed by atoms with Gasteiger partial charge in [-0.25, -0.2) is 0 Å². The molecule has 0 saturated heterocycles. The van der Waals surface area contributed by atoms with E-state index in [1.165, 1.54) is 11.8 Å². The van der Waals surface area contributed by atoms with Gasteiger partial charge in [-0.1, -0.05) is 46.7 Å². The normalized spacial score (nSPS) is 14.9. The van der Waals surface area contributed by atoms with Gasteiger partial charge in [0, 0.05) is 9.57 Å². The number of rotatable bonds is 3. The molecule has 1 aromatic heterocycles. The molecule has 1 aliphatic rings. The Morgan fingerprint density at radius 1 is 1.25 bits per heavy atom. The first kappa shape index (κ1) is 19.9. The number of aromatic hydroxyl groups is 1. The fourth-order valence-electron chi connectivity index (χ4n) is 3.13. The van der Waals surface area contributed by atoms with Gasteiger partial charge in [-0.15, -0.1) is 0 Å². The molecule has 1 atom stereocenters. The lowest BCUT2D eigenvalue weighted by atomic mass is 10.0. The van der Waals surface area contributed by atoms with Crippen LogP contribution in [0.25, 0.3) is 11.3 Å². The number of nitrogens with zero attached hydrogens (tertiary/aromatic N) is 2. The molecule has 0 amide bonds. The molecule has 10 heteroatoms. The number of aromatic nitrogens is 3. The zero-order valence-corrected chi connectivity index (χ0v) is 20.0. The van der Waals surface area contributed by atoms with Gasteiger partial charge in [0.1, 0.15) is 5.75 Å². The van der Waals surface area contributed by atoms with Crippen molar-refractivity contribution in [3.8, 4) is 17.0 Å². The molecule has 0 fully saturated rings. The molecule has 3 N–H and O–H groups in total. The van der Waals surface area contributed by atoms with Gasteiger partial charge >= 0.3 is 11.3 Å². The topological polar surface area (TPSA) is 81.9 Å². The maximum Gasteiger partial charge on any atom is 0.325 e. The highest BCUT2D eigenvalue weighted by Gasteiger charge is 2.40. The Balaban J connectivity index is 2.03. The number of aromatic amines is 1. The molecule has 6 nitrogen and oxygen atoms in total. The minimum absolute atomic E-state index is 0.0778. The van der Waals surface area contributed by atoms with Gasteiger partial charge in [0.2, 0.25) is 5.16 Å². The number of fused-ring (bicyclic) bond motifs is 3. The van der Waals surface area contributed by atoms with Crippen molar-refractivity contribution in [2.24, 2.45) is 0 Å². The molecule has 0 unspecified atom stereocenters. The second-order valence-electron chi connectivity index (χ2n) is 5.99. The summed E-state index contributed by atoms with van der Waals surface area (Å²) in [5, 5.41) is 19.1. The van der Waals surface area contributed by atoms with Gasteiger partial charge in [0.05, 0.1) is 25.8 Å². The van der Waals surface area contributed by atoms with Crippen LogP contribution < -0.4 is 15.6 Å². The predicted octanol–water partition coefficient (Wildman–Crippen LogP) is 4.80. The van der Waals surface area contributed by atoms with E-state index < -0.39 is 6.17 Å². The zero-order chi connectivity index (χ0) is 20.0. The summed E-state index contributed by atoms with van der Waals surface area (Å²) >= 11 is 11.9. The Morgan fingerprint density at radius 3 is 2.75 bits per heavy atom. The van der Waals surface area contributed by atoms with Crippen molar-refractivity contribution in [3.63, 3.8) is 0 Å². The van der Waals surface area contributed by atoms with Crippen LogP contribution in [0, 0.1) is 0 Å². The fourth-order valence-corrected chi connectivity index (χ4v) is 6.27. The number of thioether (sulfide) groups is 1. The summed E-state index contributed by atoms with van der Waals surface area (Å²) in [5.41, 5.74) is 2.57. The Labute approximate surface area is 190 Å². The Bertz CT molecular complexity index is 1150. The van der Waals surface area contributed by atoms with Crippen LogP contribution in [0.3, 0.4) is 0 Å². The number of H-pyrrole nitrogens is 1. The van der Waals surface area contributed by atoms with E-state index in [4.69, 9.17) is 0 Å². The summed E-state index contributed by atoms with van der Waals surface area (Å²) in [6.07, 6.45) is -0.508. The van der Waals surface area contributed by atoms with Crippen LogP contribution in [-0.2, 0) is 0 Å². The van der Waals surface area contributed by atoms with Gasteiger partial charge in [-0.3, -0.25) is 9.78 Å². The highest BCUT2D eigenvalue weighted by molar-refractivity contribution is 9.11. The van der Waals surface area contributed by atoms with Crippen molar-refractivity contribution in [3.05, 3.63) is 59.7 Å². The minimum atomic E-state index is -0.508. The van der Waals surface area contributed by atoms with Gasteiger partial charge in [-0.05, 0) is 60.5 Å². The van der Waals surface area contributed by atoms with Crippen molar-refractivity contribution in [2.75, 3.05) is 11.1 Å². The third kappa shape index (κ3) is 3.30. The van der Waals surface area contributed by atoms with Crippen molar-refractivity contribution in [2.45, 2.75) is 18.2 Å². The standard InChI is InChI=1S/C18H13Br3N4O2S/c1-2-28-18-23-17(27)14-8-5-3-4-6-11(8)22-16(25(14)24-18)12-9(19)7-10(20)15(26)13(12)21/h3-7,16H,2H2,1H3,(H2,23,24,26,27)/p+1/t16-/m1/s1. The second-order valence-corrected chi connectivity index (χ2v) is 9.75. The first-order chi connectivity index (χ1) is 13.4. The summed E-state index contributed by atoms with van der Waals surface area (Å²) < 4.78 is 3.50. The highest BCUT2D eigenvalue weighted by atomic mass is 79.9. The van der Waals surface area contributed by atoms with Crippen molar-refractivity contribution in [1.82, 2.24) is 10.1 Å². The molecule has 2 aromatic carbocycles. The lowest BCUT2D eigenvalue weighted by Gasteiger charge is -2.24. The largest absolute Gasteiger partial charge is 0.506 e. The number of phenolic OH excluding ortho intramolecular Hbond substituents is 1. The summed E-state index contributed by atoms with van der Waals surface area (Å²) in [6.45, 7) is 2.00. The number of para-hydroxylation sites is 1. The Morgan fingerprint density at radius 2 is 2.00 bits per heavy atom. The number of nitrogens with one attached hydrogen (secondary N) is 2. The summed E-state index contributed by atoms with van der Waals surface area (Å²) in [5.74, 6) is 0.859.